The molecule has 7 heteroatoms. The molecular weight excluding hydrogens is 252 g/mol. The predicted octanol–water partition coefficient (Wildman–Crippen LogP) is 1.50. The molecule has 1 aromatic carbocycles. The molecular formula is C11H14N4O2S. The highest BCUT2D eigenvalue weighted by atomic mass is 32.2. The Morgan fingerprint density at radius 2 is 2.11 bits per heavy atom. The maximum atomic E-state index is 9.24. The number of nitrogens with zero attached hydrogens (tertiary/aromatic N) is 4. The van der Waals surface area contributed by atoms with Crippen LogP contribution in [0.25, 0.3) is 5.69 Å². The minimum absolute atomic E-state index is 0.220. The minimum Gasteiger partial charge on any atom is -0.508 e. The SMILES string of the molecule is CCOCCSc1nnnn1-c1ccc(O)cc1. The molecule has 0 spiro atoms. The molecule has 18 heavy (non-hydrogen) atoms. The van der Waals surface area contributed by atoms with Crippen molar-refractivity contribution in [3.8, 4) is 11.4 Å². The summed E-state index contributed by atoms with van der Waals surface area (Å²) in [4.78, 5) is 0. The van der Waals surface area contributed by atoms with Gasteiger partial charge in [-0.25, -0.2) is 0 Å². The third-order valence-corrected chi connectivity index (χ3v) is 3.08. The Balaban J connectivity index is 2.05. The van der Waals surface area contributed by atoms with Crippen LogP contribution in [0.2, 0.25) is 0 Å². The van der Waals surface area contributed by atoms with Crippen molar-refractivity contribution in [3.63, 3.8) is 0 Å². The van der Waals surface area contributed by atoms with Crippen molar-refractivity contribution in [2.24, 2.45) is 0 Å². The lowest BCUT2D eigenvalue weighted by Crippen LogP contribution is -2.01. The van der Waals surface area contributed by atoms with Crippen LogP contribution in [-0.2, 0) is 4.74 Å². The number of phenolic OH excluding ortho intramolecular Hbond substituents is 1. The number of rotatable bonds is 6. The van der Waals surface area contributed by atoms with Gasteiger partial charge in [0.25, 0.3) is 0 Å². The quantitative estimate of drug-likeness (QED) is 0.631. The molecule has 2 aromatic rings. The summed E-state index contributed by atoms with van der Waals surface area (Å²) in [6.07, 6.45) is 0. The van der Waals surface area contributed by atoms with Gasteiger partial charge in [0.15, 0.2) is 0 Å². The molecule has 1 heterocycles. The van der Waals surface area contributed by atoms with E-state index in [0.29, 0.717) is 18.4 Å². The molecule has 0 unspecified atom stereocenters. The van der Waals surface area contributed by atoms with E-state index in [1.165, 1.54) is 11.8 Å². The van der Waals surface area contributed by atoms with Crippen LogP contribution in [0, 0.1) is 0 Å². The van der Waals surface area contributed by atoms with Gasteiger partial charge in [-0.3, -0.25) is 0 Å². The smallest absolute Gasteiger partial charge is 0.214 e. The molecule has 1 N–H and O–H groups in total. The second-order valence-electron chi connectivity index (χ2n) is 3.44. The zero-order chi connectivity index (χ0) is 12.8. The molecule has 0 radical (unpaired) electrons. The highest BCUT2D eigenvalue weighted by Crippen LogP contribution is 2.19. The van der Waals surface area contributed by atoms with Gasteiger partial charge >= 0.3 is 0 Å². The third-order valence-electron chi connectivity index (χ3n) is 2.20. The number of aromatic nitrogens is 4. The molecule has 0 aliphatic heterocycles. The summed E-state index contributed by atoms with van der Waals surface area (Å²) in [6.45, 7) is 3.35. The van der Waals surface area contributed by atoms with Crippen molar-refractivity contribution in [1.29, 1.82) is 0 Å². The zero-order valence-electron chi connectivity index (χ0n) is 9.98. The molecule has 0 aliphatic carbocycles. The molecule has 6 nitrogen and oxygen atoms in total. The van der Waals surface area contributed by atoms with Crippen molar-refractivity contribution < 1.29 is 9.84 Å². The summed E-state index contributed by atoms with van der Waals surface area (Å²) in [7, 11) is 0. The standard InChI is InChI=1S/C11H14N4O2S/c1-2-17-7-8-18-11-12-13-14-15(11)9-3-5-10(16)6-4-9/h3-6,16H,2,7-8H2,1H3. The summed E-state index contributed by atoms with van der Waals surface area (Å²) < 4.78 is 6.90. The number of tetrazole rings is 1. The Morgan fingerprint density at radius 1 is 1.33 bits per heavy atom. The highest BCUT2D eigenvalue weighted by molar-refractivity contribution is 7.99. The third kappa shape index (κ3) is 3.21. The van der Waals surface area contributed by atoms with Crippen LogP contribution >= 0.6 is 11.8 Å². The summed E-state index contributed by atoms with van der Waals surface area (Å²) in [5.41, 5.74) is 0.816. The molecule has 0 fully saturated rings. The molecule has 0 bridgehead atoms. The van der Waals surface area contributed by atoms with Crippen LogP contribution in [0.3, 0.4) is 0 Å². The Hall–Kier alpha value is -1.60. The number of hydrogen-bond donors (Lipinski definition) is 1. The first-order valence-electron chi connectivity index (χ1n) is 5.59. The lowest BCUT2D eigenvalue weighted by molar-refractivity contribution is 0.164. The number of thioether (sulfide) groups is 1. The summed E-state index contributed by atoms with van der Waals surface area (Å²) in [5, 5.41) is 21.5. The fraction of sp³-hybridized carbons (Fsp3) is 0.364. The Kier molecular flexibility index (Phi) is 4.54. The van der Waals surface area contributed by atoms with E-state index in [-0.39, 0.29) is 5.75 Å². The molecule has 1 aromatic heterocycles. The lowest BCUT2D eigenvalue weighted by Gasteiger charge is -2.04. The van der Waals surface area contributed by atoms with E-state index < -0.39 is 0 Å². The normalized spacial score (nSPS) is 10.7. The van der Waals surface area contributed by atoms with E-state index in [2.05, 4.69) is 15.5 Å². The Bertz CT molecular complexity index is 486. The first-order valence-corrected chi connectivity index (χ1v) is 6.58. The van der Waals surface area contributed by atoms with E-state index in [4.69, 9.17) is 4.74 Å². The lowest BCUT2D eigenvalue weighted by atomic mass is 10.3. The van der Waals surface area contributed by atoms with Gasteiger partial charge in [-0.15, -0.1) is 5.10 Å². The average molecular weight is 266 g/mol. The molecule has 0 aliphatic rings. The van der Waals surface area contributed by atoms with Gasteiger partial charge < -0.3 is 9.84 Å². The van der Waals surface area contributed by atoms with Gasteiger partial charge in [0.2, 0.25) is 5.16 Å². The van der Waals surface area contributed by atoms with Crippen LogP contribution in [0.5, 0.6) is 5.75 Å². The van der Waals surface area contributed by atoms with E-state index >= 15 is 0 Å². The maximum Gasteiger partial charge on any atom is 0.214 e. The van der Waals surface area contributed by atoms with Crippen molar-refractivity contribution in [2.45, 2.75) is 12.1 Å². The molecule has 0 saturated carbocycles. The fourth-order valence-electron chi connectivity index (χ4n) is 1.36. The second kappa shape index (κ2) is 6.36. The predicted molar refractivity (Wildman–Crippen MR) is 68.0 cm³/mol. The highest BCUT2D eigenvalue weighted by Gasteiger charge is 2.08. The van der Waals surface area contributed by atoms with Crippen molar-refractivity contribution in [2.75, 3.05) is 19.0 Å². The first-order chi connectivity index (χ1) is 8.81. The summed E-state index contributed by atoms with van der Waals surface area (Å²) in [6, 6.07) is 6.73. The van der Waals surface area contributed by atoms with Crippen LogP contribution in [-0.4, -0.2) is 44.3 Å². The van der Waals surface area contributed by atoms with Gasteiger partial charge in [-0.05, 0) is 41.6 Å². The van der Waals surface area contributed by atoms with E-state index in [0.717, 1.165) is 11.4 Å². The van der Waals surface area contributed by atoms with Gasteiger partial charge in [0, 0.05) is 12.4 Å². The average Bonchev–Trinajstić information content (AvgIpc) is 2.84. The van der Waals surface area contributed by atoms with Crippen LogP contribution < -0.4 is 0 Å². The Morgan fingerprint density at radius 3 is 2.83 bits per heavy atom. The largest absolute Gasteiger partial charge is 0.508 e. The first kappa shape index (κ1) is 12.8. The minimum atomic E-state index is 0.220. The van der Waals surface area contributed by atoms with Crippen LogP contribution in [0.4, 0.5) is 0 Å². The van der Waals surface area contributed by atoms with E-state index in [9.17, 15) is 5.11 Å². The van der Waals surface area contributed by atoms with E-state index in [1.807, 2.05) is 6.92 Å². The molecule has 96 valence electrons. The summed E-state index contributed by atoms with van der Waals surface area (Å²) >= 11 is 1.53. The molecule has 2 rings (SSSR count). The van der Waals surface area contributed by atoms with Crippen LogP contribution in [0.15, 0.2) is 29.4 Å². The van der Waals surface area contributed by atoms with Crippen molar-refractivity contribution in [3.05, 3.63) is 24.3 Å². The topological polar surface area (TPSA) is 73.1 Å². The van der Waals surface area contributed by atoms with Gasteiger partial charge in [-0.2, -0.15) is 4.68 Å². The van der Waals surface area contributed by atoms with Gasteiger partial charge in [-0.1, -0.05) is 11.8 Å². The number of hydrogen-bond acceptors (Lipinski definition) is 6. The fourth-order valence-corrected chi connectivity index (χ4v) is 2.10. The zero-order valence-corrected chi connectivity index (χ0v) is 10.8. The van der Waals surface area contributed by atoms with Crippen molar-refractivity contribution >= 4 is 11.8 Å². The van der Waals surface area contributed by atoms with Crippen LogP contribution in [0.1, 0.15) is 6.92 Å². The number of benzene rings is 1. The summed E-state index contributed by atoms with van der Waals surface area (Å²) in [5.74, 6) is 1.02. The van der Waals surface area contributed by atoms with Gasteiger partial charge in [0.05, 0.1) is 12.3 Å². The molecule has 0 saturated heterocycles. The monoisotopic (exact) mass is 266 g/mol. The maximum absolute atomic E-state index is 9.24. The number of aromatic hydroxyl groups is 1. The number of phenols is 1. The number of ether oxygens (including phenoxy) is 1. The van der Waals surface area contributed by atoms with Crippen molar-refractivity contribution in [1.82, 2.24) is 20.2 Å². The second-order valence-corrected chi connectivity index (χ2v) is 4.50. The Labute approximate surface area is 109 Å². The molecule has 0 atom stereocenters. The van der Waals surface area contributed by atoms with Gasteiger partial charge in [0.1, 0.15) is 5.75 Å². The molecule has 0 amide bonds. The van der Waals surface area contributed by atoms with E-state index in [1.54, 1.807) is 28.9 Å².